The number of nitrogens with one attached hydrogen (secondary N) is 1. The molecule has 18 heavy (non-hydrogen) atoms. The average molecular weight is 302 g/mol. The molecule has 1 aromatic rings. The Morgan fingerprint density at radius 1 is 1.17 bits per heavy atom. The maximum absolute atomic E-state index is 10.9. The van der Waals surface area contributed by atoms with Crippen LogP contribution in [0.2, 0.25) is 0 Å². The third-order valence-corrected chi connectivity index (χ3v) is 3.90. The SMILES string of the molecule is CC(Nc1ccc(S(N)(=O)=O)cc1)S(=O)(=O)[O-].[Na+]. The van der Waals surface area contributed by atoms with Gasteiger partial charge in [0, 0.05) is 5.69 Å². The Labute approximate surface area is 128 Å². The number of hydrogen-bond acceptors (Lipinski definition) is 6. The molecule has 0 fully saturated rings. The fourth-order valence-electron chi connectivity index (χ4n) is 1.05. The van der Waals surface area contributed by atoms with Crippen molar-refractivity contribution in [3.63, 3.8) is 0 Å². The number of rotatable bonds is 4. The number of benzene rings is 1. The summed E-state index contributed by atoms with van der Waals surface area (Å²) in [5.41, 5.74) is 0.310. The zero-order valence-corrected chi connectivity index (χ0v) is 13.5. The molecular weight excluding hydrogens is 291 g/mol. The second-order valence-corrected chi connectivity index (χ2v) is 6.60. The third-order valence-electron chi connectivity index (χ3n) is 1.99. The van der Waals surface area contributed by atoms with Crippen molar-refractivity contribution in [2.24, 2.45) is 5.14 Å². The van der Waals surface area contributed by atoms with Crippen LogP contribution in [0.3, 0.4) is 0 Å². The minimum atomic E-state index is -4.44. The molecule has 0 aromatic heterocycles. The van der Waals surface area contributed by atoms with Gasteiger partial charge in [-0.15, -0.1) is 0 Å². The fourth-order valence-corrected chi connectivity index (χ4v) is 1.84. The fraction of sp³-hybridized carbons (Fsp3) is 0.250. The van der Waals surface area contributed by atoms with E-state index in [1.54, 1.807) is 0 Å². The van der Waals surface area contributed by atoms with Gasteiger partial charge in [-0.05, 0) is 31.2 Å². The molecule has 1 atom stereocenters. The van der Waals surface area contributed by atoms with Crippen LogP contribution >= 0.6 is 0 Å². The van der Waals surface area contributed by atoms with Crippen molar-refractivity contribution in [1.29, 1.82) is 0 Å². The molecule has 0 saturated carbocycles. The van der Waals surface area contributed by atoms with Gasteiger partial charge in [0.1, 0.15) is 15.5 Å². The number of nitrogens with two attached hydrogens (primary N) is 1. The standard InChI is InChI=1S/C8H12N2O5S2.Na/c1-6(17(13,14)15)10-7-2-4-8(5-3-7)16(9,11)12;/h2-6,10H,1H3,(H2,9,11,12)(H,13,14,15);/q;+1/p-1. The number of hydrogen-bond donors (Lipinski definition) is 2. The predicted octanol–water partition coefficient (Wildman–Crippen LogP) is -3.36. The molecule has 7 nitrogen and oxygen atoms in total. The minimum absolute atomic E-state index is 0. The van der Waals surface area contributed by atoms with Gasteiger partial charge < -0.3 is 9.87 Å². The van der Waals surface area contributed by atoms with Crippen molar-refractivity contribution in [1.82, 2.24) is 0 Å². The van der Waals surface area contributed by atoms with E-state index in [1.807, 2.05) is 0 Å². The molecule has 1 unspecified atom stereocenters. The van der Waals surface area contributed by atoms with E-state index in [2.05, 4.69) is 5.32 Å². The van der Waals surface area contributed by atoms with E-state index in [0.29, 0.717) is 5.69 Å². The maximum Gasteiger partial charge on any atom is 1.00 e. The Morgan fingerprint density at radius 2 is 1.61 bits per heavy atom. The van der Waals surface area contributed by atoms with Crippen molar-refractivity contribution in [3.05, 3.63) is 24.3 Å². The molecule has 0 amide bonds. The second kappa shape index (κ2) is 6.33. The van der Waals surface area contributed by atoms with Crippen LogP contribution in [0.1, 0.15) is 6.92 Å². The Bertz CT molecular complexity index is 597. The van der Waals surface area contributed by atoms with E-state index < -0.39 is 25.5 Å². The van der Waals surface area contributed by atoms with Crippen molar-refractivity contribution >= 4 is 25.8 Å². The topological polar surface area (TPSA) is 129 Å². The first-order chi connectivity index (χ1) is 7.60. The first-order valence-corrected chi connectivity index (χ1v) is 7.46. The molecule has 0 bridgehead atoms. The normalized spacial score (nSPS) is 13.5. The van der Waals surface area contributed by atoms with Gasteiger partial charge in [-0.3, -0.25) is 0 Å². The van der Waals surface area contributed by atoms with E-state index in [0.717, 1.165) is 0 Å². The average Bonchev–Trinajstić information content (AvgIpc) is 2.15. The zero-order chi connectivity index (χ0) is 13.3. The summed E-state index contributed by atoms with van der Waals surface area (Å²) >= 11 is 0. The van der Waals surface area contributed by atoms with Crippen LogP contribution in [0, 0.1) is 0 Å². The van der Waals surface area contributed by atoms with E-state index in [-0.39, 0.29) is 34.5 Å². The van der Waals surface area contributed by atoms with Gasteiger partial charge in [0.25, 0.3) is 0 Å². The summed E-state index contributed by atoms with van der Waals surface area (Å²) in [7, 11) is -8.23. The molecule has 0 aliphatic rings. The van der Waals surface area contributed by atoms with Crippen LogP contribution in [-0.4, -0.2) is 26.8 Å². The predicted molar refractivity (Wildman–Crippen MR) is 60.6 cm³/mol. The summed E-state index contributed by atoms with van der Waals surface area (Å²) in [5.74, 6) is 0. The first kappa shape index (κ1) is 17.8. The Hall–Kier alpha value is -0.160. The van der Waals surface area contributed by atoms with Crippen LogP contribution in [0.5, 0.6) is 0 Å². The molecule has 10 heteroatoms. The summed E-state index contributed by atoms with van der Waals surface area (Å²) in [4.78, 5) is -0.0966. The van der Waals surface area contributed by atoms with Gasteiger partial charge in [0.05, 0.1) is 4.90 Å². The van der Waals surface area contributed by atoms with E-state index in [4.69, 9.17) is 5.14 Å². The van der Waals surface area contributed by atoms with Crippen LogP contribution < -0.4 is 40.0 Å². The van der Waals surface area contributed by atoms with Gasteiger partial charge >= 0.3 is 29.6 Å². The summed E-state index contributed by atoms with van der Waals surface area (Å²) in [5, 5.41) is 6.00. The number of sulfonamides is 1. The Kier molecular flexibility index (Phi) is 6.27. The maximum atomic E-state index is 10.9. The summed E-state index contributed by atoms with van der Waals surface area (Å²) in [6, 6.07) is 5.06. The second-order valence-electron chi connectivity index (χ2n) is 3.35. The summed E-state index contributed by atoms with van der Waals surface area (Å²) in [6.45, 7) is 1.19. The van der Waals surface area contributed by atoms with Crippen LogP contribution in [-0.2, 0) is 20.1 Å². The molecular formula is C8H11N2NaO5S2. The van der Waals surface area contributed by atoms with E-state index in [1.165, 1.54) is 31.2 Å². The smallest absolute Gasteiger partial charge is 0.746 e. The van der Waals surface area contributed by atoms with Gasteiger partial charge in [0.15, 0.2) is 0 Å². The molecule has 0 aliphatic heterocycles. The summed E-state index contributed by atoms with van der Waals surface area (Å²) in [6.07, 6.45) is 0. The first-order valence-electron chi connectivity index (χ1n) is 4.45. The van der Waals surface area contributed by atoms with Crippen LogP contribution in [0.4, 0.5) is 5.69 Å². The van der Waals surface area contributed by atoms with Gasteiger partial charge in [-0.25, -0.2) is 22.0 Å². The van der Waals surface area contributed by atoms with Crippen LogP contribution in [0.15, 0.2) is 29.2 Å². The molecule has 3 N–H and O–H groups in total. The van der Waals surface area contributed by atoms with Gasteiger partial charge in [-0.1, -0.05) is 0 Å². The number of primary sulfonamides is 1. The van der Waals surface area contributed by atoms with Crippen molar-refractivity contribution < 1.29 is 50.9 Å². The molecule has 1 rings (SSSR count). The molecule has 0 aliphatic carbocycles. The third kappa shape index (κ3) is 5.22. The molecule has 0 spiro atoms. The van der Waals surface area contributed by atoms with E-state index >= 15 is 0 Å². The molecule has 0 radical (unpaired) electrons. The zero-order valence-electron chi connectivity index (χ0n) is 9.82. The Morgan fingerprint density at radius 3 is 1.94 bits per heavy atom. The molecule has 1 aromatic carbocycles. The quantitative estimate of drug-likeness (QED) is 0.441. The van der Waals surface area contributed by atoms with E-state index in [9.17, 15) is 21.4 Å². The van der Waals surface area contributed by atoms with Gasteiger partial charge in [-0.2, -0.15) is 0 Å². The van der Waals surface area contributed by atoms with Crippen molar-refractivity contribution in [3.8, 4) is 0 Å². The minimum Gasteiger partial charge on any atom is -0.746 e. The van der Waals surface area contributed by atoms with Gasteiger partial charge in [0.2, 0.25) is 10.0 Å². The monoisotopic (exact) mass is 302 g/mol. The van der Waals surface area contributed by atoms with Crippen LogP contribution in [0.25, 0.3) is 0 Å². The number of anilines is 1. The largest absolute Gasteiger partial charge is 1.00 e. The van der Waals surface area contributed by atoms with Crippen molar-refractivity contribution in [2.75, 3.05) is 5.32 Å². The Balaban J connectivity index is 0.00000289. The molecule has 0 heterocycles. The molecule has 0 saturated heterocycles. The summed E-state index contributed by atoms with van der Waals surface area (Å²) < 4.78 is 53.8. The van der Waals surface area contributed by atoms with Crippen molar-refractivity contribution in [2.45, 2.75) is 17.2 Å². The molecule has 96 valence electrons.